The lowest BCUT2D eigenvalue weighted by Crippen LogP contribution is -2.05. The van der Waals surface area contributed by atoms with Crippen molar-refractivity contribution < 1.29 is 4.42 Å². The summed E-state index contributed by atoms with van der Waals surface area (Å²) in [5.41, 5.74) is 0.884. The molecule has 0 bridgehead atoms. The summed E-state index contributed by atoms with van der Waals surface area (Å²) in [5, 5.41) is 3.98. The van der Waals surface area contributed by atoms with E-state index in [1.165, 1.54) is 0 Å². The first-order valence-electron chi connectivity index (χ1n) is 5.03. The number of benzene rings is 1. The quantitative estimate of drug-likeness (QED) is 0.747. The first-order valence-corrected chi connectivity index (χ1v) is 6.99. The summed E-state index contributed by atoms with van der Waals surface area (Å²) in [6.45, 7) is 2.02. The van der Waals surface area contributed by atoms with Crippen molar-refractivity contribution in [3.05, 3.63) is 50.3 Å². The Kier molecular flexibility index (Phi) is 4.17. The molecule has 1 atom stereocenters. The van der Waals surface area contributed by atoms with Gasteiger partial charge in [-0.05, 0) is 53.2 Å². The van der Waals surface area contributed by atoms with E-state index in [4.69, 9.17) is 16.0 Å². The van der Waals surface area contributed by atoms with Gasteiger partial charge in [-0.2, -0.15) is 0 Å². The zero-order chi connectivity index (χ0) is 12.4. The van der Waals surface area contributed by atoms with Crippen LogP contribution in [-0.4, -0.2) is 0 Å². The third-order valence-electron chi connectivity index (χ3n) is 2.32. The van der Waals surface area contributed by atoms with Gasteiger partial charge in [-0.3, -0.25) is 0 Å². The summed E-state index contributed by atoms with van der Waals surface area (Å²) in [5.74, 6) is 0.857. The fourth-order valence-electron chi connectivity index (χ4n) is 1.47. The predicted molar refractivity (Wildman–Crippen MR) is 77.6 cm³/mol. The van der Waals surface area contributed by atoms with E-state index in [-0.39, 0.29) is 6.04 Å². The maximum absolute atomic E-state index is 6.13. The van der Waals surface area contributed by atoms with Gasteiger partial charge in [0.15, 0.2) is 4.67 Å². The zero-order valence-electron chi connectivity index (χ0n) is 9.01. The molecule has 90 valence electrons. The highest BCUT2D eigenvalue weighted by molar-refractivity contribution is 9.10. The largest absolute Gasteiger partial charge is 0.452 e. The smallest absolute Gasteiger partial charge is 0.169 e. The zero-order valence-corrected chi connectivity index (χ0v) is 12.9. The van der Waals surface area contributed by atoms with Crippen molar-refractivity contribution in [2.75, 3.05) is 5.32 Å². The molecule has 0 aliphatic carbocycles. The summed E-state index contributed by atoms with van der Waals surface area (Å²) >= 11 is 12.8. The van der Waals surface area contributed by atoms with Crippen molar-refractivity contribution in [2.24, 2.45) is 0 Å². The number of hydrogen-bond donors (Lipinski definition) is 1. The molecule has 1 aromatic heterocycles. The first kappa shape index (κ1) is 13.0. The lowest BCUT2D eigenvalue weighted by atomic mass is 10.2. The Balaban J connectivity index is 2.15. The van der Waals surface area contributed by atoms with E-state index < -0.39 is 0 Å². The molecule has 1 N–H and O–H groups in total. The Morgan fingerprint density at radius 1 is 1.24 bits per heavy atom. The van der Waals surface area contributed by atoms with Crippen molar-refractivity contribution in [2.45, 2.75) is 13.0 Å². The molecule has 1 heterocycles. The van der Waals surface area contributed by atoms with Gasteiger partial charge >= 0.3 is 0 Å². The second kappa shape index (κ2) is 5.46. The molecule has 0 saturated carbocycles. The Bertz CT molecular complexity index is 527. The second-order valence-corrected chi connectivity index (χ2v) is 5.74. The van der Waals surface area contributed by atoms with Gasteiger partial charge in [-0.15, -0.1) is 0 Å². The Hall–Kier alpha value is -0.450. The van der Waals surface area contributed by atoms with Crippen LogP contribution in [0.15, 0.2) is 43.9 Å². The molecule has 1 aromatic carbocycles. The van der Waals surface area contributed by atoms with Crippen molar-refractivity contribution in [1.82, 2.24) is 0 Å². The highest BCUT2D eigenvalue weighted by Gasteiger charge is 2.11. The van der Waals surface area contributed by atoms with E-state index in [2.05, 4.69) is 37.2 Å². The van der Waals surface area contributed by atoms with Crippen LogP contribution in [0.3, 0.4) is 0 Å². The molecule has 2 rings (SSSR count). The van der Waals surface area contributed by atoms with Gasteiger partial charge in [-0.1, -0.05) is 27.5 Å². The van der Waals surface area contributed by atoms with Crippen LogP contribution in [0.2, 0.25) is 5.02 Å². The Labute approximate surface area is 122 Å². The van der Waals surface area contributed by atoms with Crippen molar-refractivity contribution in [1.29, 1.82) is 0 Å². The average molecular weight is 379 g/mol. The van der Waals surface area contributed by atoms with Crippen molar-refractivity contribution in [3.8, 4) is 0 Å². The Morgan fingerprint density at radius 2 is 2.00 bits per heavy atom. The van der Waals surface area contributed by atoms with Gasteiger partial charge in [-0.25, -0.2) is 0 Å². The van der Waals surface area contributed by atoms with Crippen LogP contribution in [0, 0.1) is 0 Å². The standard InChI is InChI=1S/C12H10Br2ClNO/c1-7(11-4-5-12(14)17-11)16-10-3-2-8(13)6-9(10)15/h2-7,16H,1H3. The minimum absolute atomic E-state index is 0.0555. The minimum Gasteiger partial charge on any atom is -0.452 e. The predicted octanol–water partition coefficient (Wildman–Crippen LogP) is 5.63. The highest BCUT2D eigenvalue weighted by Crippen LogP contribution is 2.29. The molecule has 0 aliphatic rings. The van der Waals surface area contributed by atoms with E-state index >= 15 is 0 Å². The normalized spacial score (nSPS) is 12.5. The summed E-state index contributed by atoms with van der Waals surface area (Å²) < 4.78 is 7.17. The first-order chi connectivity index (χ1) is 8.06. The molecule has 0 aliphatic heterocycles. The molecule has 0 amide bonds. The van der Waals surface area contributed by atoms with Crippen LogP contribution in [0.5, 0.6) is 0 Å². The van der Waals surface area contributed by atoms with Crippen LogP contribution in [-0.2, 0) is 0 Å². The van der Waals surface area contributed by atoms with Crippen LogP contribution < -0.4 is 5.32 Å². The van der Waals surface area contributed by atoms with Crippen LogP contribution in [0.4, 0.5) is 5.69 Å². The lowest BCUT2D eigenvalue weighted by molar-refractivity contribution is 0.471. The minimum atomic E-state index is 0.0555. The lowest BCUT2D eigenvalue weighted by Gasteiger charge is -2.14. The van der Waals surface area contributed by atoms with E-state index in [0.717, 1.165) is 20.6 Å². The average Bonchev–Trinajstić information content (AvgIpc) is 2.69. The molecule has 5 heteroatoms. The Morgan fingerprint density at radius 3 is 2.59 bits per heavy atom. The van der Waals surface area contributed by atoms with Gasteiger partial charge in [0, 0.05) is 4.47 Å². The molecule has 2 aromatic rings. The van der Waals surface area contributed by atoms with E-state index in [1.54, 1.807) is 0 Å². The molecule has 0 fully saturated rings. The number of rotatable bonds is 3. The topological polar surface area (TPSA) is 25.2 Å². The maximum atomic E-state index is 6.13. The summed E-state index contributed by atoms with van der Waals surface area (Å²) in [4.78, 5) is 0. The second-order valence-electron chi connectivity index (χ2n) is 3.63. The third kappa shape index (κ3) is 3.27. The molecule has 2 nitrogen and oxygen atoms in total. The van der Waals surface area contributed by atoms with Crippen molar-refractivity contribution >= 4 is 49.1 Å². The molecule has 1 unspecified atom stereocenters. The number of halogens is 3. The molecule has 0 spiro atoms. The highest BCUT2D eigenvalue weighted by atomic mass is 79.9. The fourth-order valence-corrected chi connectivity index (χ4v) is 2.52. The number of furan rings is 1. The van der Waals surface area contributed by atoms with Gasteiger partial charge in [0.05, 0.1) is 16.8 Å². The van der Waals surface area contributed by atoms with Crippen LogP contribution in [0.25, 0.3) is 0 Å². The van der Waals surface area contributed by atoms with Gasteiger partial charge in [0.25, 0.3) is 0 Å². The molecular formula is C12H10Br2ClNO. The van der Waals surface area contributed by atoms with E-state index in [1.807, 2.05) is 37.3 Å². The van der Waals surface area contributed by atoms with E-state index in [9.17, 15) is 0 Å². The summed E-state index contributed by atoms with van der Waals surface area (Å²) in [6.07, 6.45) is 0. The molecular weight excluding hydrogens is 369 g/mol. The fraction of sp³-hybridized carbons (Fsp3) is 0.167. The van der Waals surface area contributed by atoms with Crippen LogP contribution in [0.1, 0.15) is 18.7 Å². The molecule has 0 radical (unpaired) electrons. The van der Waals surface area contributed by atoms with Gasteiger partial charge < -0.3 is 9.73 Å². The van der Waals surface area contributed by atoms with E-state index in [0.29, 0.717) is 5.02 Å². The number of anilines is 1. The van der Waals surface area contributed by atoms with Crippen LogP contribution >= 0.6 is 43.5 Å². The number of hydrogen-bond acceptors (Lipinski definition) is 2. The molecule has 0 saturated heterocycles. The SMILES string of the molecule is CC(Nc1ccc(Br)cc1Cl)c1ccc(Br)o1. The molecule has 17 heavy (non-hydrogen) atoms. The van der Waals surface area contributed by atoms with Crippen molar-refractivity contribution in [3.63, 3.8) is 0 Å². The summed E-state index contributed by atoms with van der Waals surface area (Å²) in [7, 11) is 0. The van der Waals surface area contributed by atoms with Gasteiger partial charge in [0.2, 0.25) is 0 Å². The maximum Gasteiger partial charge on any atom is 0.169 e. The third-order valence-corrected chi connectivity index (χ3v) is 3.56. The van der Waals surface area contributed by atoms with Gasteiger partial charge in [0.1, 0.15) is 5.76 Å². The monoisotopic (exact) mass is 377 g/mol. The number of nitrogens with one attached hydrogen (secondary N) is 1. The summed E-state index contributed by atoms with van der Waals surface area (Å²) in [6, 6.07) is 9.58.